The molecular formula is C18H28N2O3. The van der Waals surface area contributed by atoms with E-state index in [9.17, 15) is 4.79 Å². The number of ether oxygens (including phenoxy) is 2. The average Bonchev–Trinajstić information content (AvgIpc) is 2.51. The lowest BCUT2D eigenvalue weighted by Crippen LogP contribution is -2.46. The van der Waals surface area contributed by atoms with Crippen molar-refractivity contribution in [3.05, 3.63) is 30.1 Å². The van der Waals surface area contributed by atoms with Crippen LogP contribution in [-0.4, -0.2) is 40.8 Å². The standard InChI is InChI=1S/C18H28N2O3/c1-18(2,3)23-17(21)20-12-5-4-6-16(20)9-13-22-14-15-7-10-19-11-8-15/h7-8,10-11,16H,4-6,9,12-14H2,1-3H3/t16-/m1/s1. The highest BCUT2D eigenvalue weighted by molar-refractivity contribution is 5.68. The molecule has 2 rings (SSSR count). The maximum atomic E-state index is 12.3. The van der Waals surface area contributed by atoms with Crippen LogP contribution in [0.1, 0.15) is 52.0 Å². The van der Waals surface area contributed by atoms with Gasteiger partial charge in [-0.1, -0.05) is 0 Å². The van der Waals surface area contributed by atoms with E-state index in [1.54, 1.807) is 12.4 Å². The number of hydrogen-bond acceptors (Lipinski definition) is 4. The summed E-state index contributed by atoms with van der Waals surface area (Å²) in [5.74, 6) is 0. The van der Waals surface area contributed by atoms with Crippen molar-refractivity contribution in [1.82, 2.24) is 9.88 Å². The minimum Gasteiger partial charge on any atom is -0.444 e. The van der Waals surface area contributed by atoms with Gasteiger partial charge in [-0.05, 0) is 64.2 Å². The first-order valence-corrected chi connectivity index (χ1v) is 8.42. The largest absolute Gasteiger partial charge is 0.444 e. The first-order valence-electron chi connectivity index (χ1n) is 8.42. The van der Waals surface area contributed by atoms with Gasteiger partial charge in [-0.25, -0.2) is 4.79 Å². The molecule has 2 heterocycles. The summed E-state index contributed by atoms with van der Waals surface area (Å²) in [4.78, 5) is 18.2. The number of pyridine rings is 1. The summed E-state index contributed by atoms with van der Waals surface area (Å²) < 4.78 is 11.3. The van der Waals surface area contributed by atoms with E-state index in [1.807, 2.05) is 37.8 Å². The summed E-state index contributed by atoms with van der Waals surface area (Å²) in [5.41, 5.74) is 0.671. The molecule has 23 heavy (non-hydrogen) atoms. The van der Waals surface area contributed by atoms with Crippen molar-refractivity contribution in [1.29, 1.82) is 0 Å². The van der Waals surface area contributed by atoms with Gasteiger partial charge >= 0.3 is 6.09 Å². The molecule has 0 saturated carbocycles. The number of hydrogen-bond donors (Lipinski definition) is 0. The highest BCUT2D eigenvalue weighted by atomic mass is 16.6. The van der Waals surface area contributed by atoms with Gasteiger partial charge in [0, 0.05) is 31.6 Å². The number of carbonyl (C=O) groups excluding carboxylic acids is 1. The number of nitrogens with zero attached hydrogens (tertiary/aromatic N) is 2. The molecule has 5 nitrogen and oxygen atoms in total. The van der Waals surface area contributed by atoms with Crippen LogP contribution in [0.5, 0.6) is 0 Å². The van der Waals surface area contributed by atoms with Gasteiger partial charge in [-0.2, -0.15) is 0 Å². The number of carbonyl (C=O) groups is 1. The molecule has 0 bridgehead atoms. The molecule has 0 N–H and O–H groups in total. The second-order valence-electron chi connectivity index (χ2n) is 7.02. The lowest BCUT2D eigenvalue weighted by atomic mass is 10.0. The molecule has 1 amide bonds. The molecule has 128 valence electrons. The molecule has 1 aliphatic rings. The van der Waals surface area contributed by atoms with E-state index in [2.05, 4.69) is 4.98 Å². The van der Waals surface area contributed by atoms with Crippen LogP contribution in [0.3, 0.4) is 0 Å². The molecule has 1 aliphatic heterocycles. The van der Waals surface area contributed by atoms with Gasteiger partial charge < -0.3 is 14.4 Å². The molecule has 1 fully saturated rings. The molecular weight excluding hydrogens is 292 g/mol. The lowest BCUT2D eigenvalue weighted by molar-refractivity contribution is 0.00378. The van der Waals surface area contributed by atoms with Crippen molar-refractivity contribution >= 4 is 6.09 Å². The zero-order chi connectivity index (χ0) is 16.7. The molecule has 0 spiro atoms. The Morgan fingerprint density at radius 3 is 2.74 bits per heavy atom. The first-order chi connectivity index (χ1) is 11.0. The Bertz CT molecular complexity index is 485. The van der Waals surface area contributed by atoms with Crippen LogP contribution in [0.25, 0.3) is 0 Å². The molecule has 1 aromatic rings. The predicted molar refractivity (Wildman–Crippen MR) is 89.1 cm³/mol. The SMILES string of the molecule is CC(C)(C)OC(=O)N1CCCC[C@@H]1CCOCc1ccncc1. The van der Waals surface area contributed by atoms with E-state index in [1.165, 1.54) is 0 Å². The van der Waals surface area contributed by atoms with E-state index >= 15 is 0 Å². The fourth-order valence-corrected chi connectivity index (χ4v) is 2.75. The monoisotopic (exact) mass is 320 g/mol. The Labute approximate surface area is 139 Å². The minimum absolute atomic E-state index is 0.198. The van der Waals surface area contributed by atoms with Crippen molar-refractivity contribution in [2.75, 3.05) is 13.2 Å². The van der Waals surface area contributed by atoms with Gasteiger partial charge in [-0.3, -0.25) is 4.98 Å². The van der Waals surface area contributed by atoms with Crippen LogP contribution in [0.15, 0.2) is 24.5 Å². The number of amides is 1. The maximum Gasteiger partial charge on any atom is 0.410 e. The van der Waals surface area contributed by atoms with Crippen LogP contribution in [-0.2, 0) is 16.1 Å². The Morgan fingerprint density at radius 1 is 1.30 bits per heavy atom. The fraction of sp³-hybridized carbons (Fsp3) is 0.667. The topological polar surface area (TPSA) is 51.7 Å². The third kappa shape index (κ3) is 6.18. The Balaban J connectivity index is 1.78. The van der Waals surface area contributed by atoms with Crippen LogP contribution in [0, 0.1) is 0 Å². The molecule has 0 radical (unpaired) electrons. The summed E-state index contributed by atoms with van der Waals surface area (Å²) >= 11 is 0. The number of aromatic nitrogens is 1. The van der Waals surface area contributed by atoms with E-state index in [4.69, 9.17) is 9.47 Å². The zero-order valence-electron chi connectivity index (χ0n) is 14.5. The second kappa shape index (κ2) is 8.29. The van der Waals surface area contributed by atoms with E-state index < -0.39 is 5.60 Å². The van der Waals surface area contributed by atoms with Gasteiger partial charge in [0.1, 0.15) is 5.60 Å². The van der Waals surface area contributed by atoms with Crippen LogP contribution in [0.4, 0.5) is 4.79 Å². The smallest absolute Gasteiger partial charge is 0.410 e. The Kier molecular flexibility index (Phi) is 6.39. The molecule has 1 saturated heterocycles. The van der Waals surface area contributed by atoms with Crippen LogP contribution < -0.4 is 0 Å². The average molecular weight is 320 g/mol. The van der Waals surface area contributed by atoms with Crippen molar-refractivity contribution in [3.63, 3.8) is 0 Å². The summed E-state index contributed by atoms with van der Waals surface area (Å²) in [5, 5.41) is 0. The van der Waals surface area contributed by atoms with E-state index in [-0.39, 0.29) is 12.1 Å². The van der Waals surface area contributed by atoms with Gasteiger partial charge in [0.05, 0.1) is 6.61 Å². The van der Waals surface area contributed by atoms with Crippen molar-refractivity contribution in [2.24, 2.45) is 0 Å². The molecule has 5 heteroatoms. The Hall–Kier alpha value is -1.62. The van der Waals surface area contributed by atoms with Crippen LogP contribution >= 0.6 is 0 Å². The number of rotatable bonds is 5. The minimum atomic E-state index is -0.447. The zero-order valence-corrected chi connectivity index (χ0v) is 14.5. The summed E-state index contributed by atoms with van der Waals surface area (Å²) in [7, 11) is 0. The molecule has 0 aromatic carbocycles. The summed E-state index contributed by atoms with van der Waals surface area (Å²) in [6.07, 6.45) is 7.43. The number of piperidine rings is 1. The van der Waals surface area contributed by atoms with Crippen molar-refractivity contribution < 1.29 is 14.3 Å². The van der Waals surface area contributed by atoms with Crippen molar-refractivity contribution in [2.45, 2.75) is 64.7 Å². The predicted octanol–water partition coefficient (Wildman–Crippen LogP) is 3.78. The van der Waals surface area contributed by atoms with Crippen molar-refractivity contribution in [3.8, 4) is 0 Å². The lowest BCUT2D eigenvalue weighted by Gasteiger charge is -2.36. The highest BCUT2D eigenvalue weighted by Crippen LogP contribution is 2.22. The maximum absolute atomic E-state index is 12.3. The van der Waals surface area contributed by atoms with Gasteiger partial charge in [-0.15, -0.1) is 0 Å². The molecule has 0 unspecified atom stereocenters. The fourth-order valence-electron chi connectivity index (χ4n) is 2.75. The van der Waals surface area contributed by atoms with E-state index in [0.717, 1.165) is 37.8 Å². The molecule has 1 aromatic heterocycles. The third-order valence-electron chi connectivity index (χ3n) is 3.87. The molecule has 1 atom stereocenters. The second-order valence-corrected chi connectivity index (χ2v) is 7.02. The van der Waals surface area contributed by atoms with Gasteiger partial charge in [0.25, 0.3) is 0 Å². The number of likely N-dealkylation sites (tertiary alicyclic amines) is 1. The van der Waals surface area contributed by atoms with Crippen LogP contribution in [0.2, 0.25) is 0 Å². The highest BCUT2D eigenvalue weighted by Gasteiger charge is 2.30. The van der Waals surface area contributed by atoms with E-state index in [0.29, 0.717) is 13.2 Å². The first kappa shape index (κ1) is 17.7. The molecule has 0 aliphatic carbocycles. The Morgan fingerprint density at radius 2 is 2.04 bits per heavy atom. The van der Waals surface area contributed by atoms with Gasteiger partial charge in [0.15, 0.2) is 0 Å². The quantitative estimate of drug-likeness (QED) is 0.775. The normalized spacial score (nSPS) is 18.7. The third-order valence-corrected chi connectivity index (χ3v) is 3.87. The summed E-state index contributed by atoms with van der Waals surface area (Å²) in [6.45, 7) is 7.73. The summed E-state index contributed by atoms with van der Waals surface area (Å²) in [6, 6.07) is 4.12. The van der Waals surface area contributed by atoms with Gasteiger partial charge in [0.2, 0.25) is 0 Å².